The van der Waals surface area contributed by atoms with Crippen molar-refractivity contribution < 1.29 is 33.4 Å². The SMILES string of the molecule is CC1(C)COC(=O)CCCCCCOc2cccc(c2)C(CCc2ccccc2)OC(=O)[C@@H]2CCCCN2C(=O)C1=O. The van der Waals surface area contributed by atoms with Gasteiger partial charge in [0.05, 0.1) is 12.0 Å². The number of carbonyl (C=O) groups excluding carboxylic acids is 4. The minimum absolute atomic E-state index is 0.190. The molecule has 1 amide bonds. The second-order valence-corrected chi connectivity index (χ2v) is 11.9. The van der Waals surface area contributed by atoms with Gasteiger partial charge in [0.25, 0.3) is 5.91 Å². The van der Waals surface area contributed by atoms with E-state index in [1.807, 2.05) is 54.6 Å². The number of ether oxygens (including phenoxy) is 3. The van der Waals surface area contributed by atoms with Crippen molar-refractivity contribution in [3.8, 4) is 5.75 Å². The molecule has 226 valence electrons. The Bertz CT molecular complexity index is 1230. The van der Waals surface area contributed by atoms with Gasteiger partial charge in [-0.05, 0) is 82.1 Å². The highest BCUT2D eigenvalue weighted by Gasteiger charge is 2.42. The number of hydrogen-bond donors (Lipinski definition) is 0. The number of piperidine rings is 1. The molecule has 1 saturated heterocycles. The zero-order chi connectivity index (χ0) is 30.0. The Hall–Kier alpha value is -3.68. The van der Waals surface area contributed by atoms with Crippen molar-refractivity contribution in [2.45, 2.75) is 90.2 Å². The maximum Gasteiger partial charge on any atom is 0.329 e. The quantitative estimate of drug-likeness (QED) is 0.338. The molecule has 0 radical (unpaired) electrons. The van der Waals surface area contributed by atoms with Crippen molar-refractivity contribution in [2.75, 3.05) is 19.8 Å². The van der Waals surface area contributed by atoms with Gasteiger partial charge in [0, 0.05) is 13.0 Å². The van der Waals surface area contributed by atoms with Crippen LogP contribution in [-0.2, 0) is 35.1 Å². The first kappa shape index (κ1) is 31.3. The number of nitrogens with zero attached hydrogens (tertiary/aromatic N) is 1. The predicted octanol–water partition coefficient (Wildman–Crippen LogP) is 5.77. The van der Waals surface area contributed by atoms with E-state index in [0.29, 0.717) is 44.5 Å². The normalized spacial score (nSPS) is 23.0. The summed E-state index contributed by atoms with van der Waals surface area (Å²) in [6.07, 6.45) is 6.08. The first-order valence-corrected chi connectivity index (χ1v) is 15.2. The van der Waals surface area contributed by atoms with Crippen molar-refractivity contribution in [2.24, 2.45) is 5.41 Å². The van der Waals surface area contributed by atoms with Crippen LogP contribution in [0.15, 0.2) is 54.6 Å². The number of hydrogen-bond acceptors (Lipinski definition) is 7. The predicted molar refractivity (Wildman–Crippen MR) is 158 cm³/mol. The Morgan fingerprint density at radius 3 is 2.45 bits per heavy atom. The molecule has 42 heavy (non-hydrogen) atoms. The molecule has 2 aliphatic rings. The lowest BCUT2D eigenvalue weighted by Gasteiger charge is -2.36. The summed E-state index contributed by atoms with van der Waals surface area (Å²) in [5, 5.41) is 0. The summed E-state index contributed by atoms with van der Waals surface area (Å²) in [5.74, 6) is -1.62. The van der Waals surface area contributed by atoms with Gasteiger partial charge in [0.15, 0.2) is 0 Å². The van der Waals surface area contributed by atoms with Gasteiger partial charge in [0.1, 0.15) is 24.5 Å². The van der Waals surface area contributed by atoms with E-state index in [9.17, 15) is 19.2 Å². The fourth-order valence-electron chi connectivity index (χ4n) is 5.41. The highest BCUT2D eigenvalue weighted by molar-refractivity contribution is 6.38. The van der Waals surface area contributed by atoms with Crippen molar-refractivity contribution >= 4 is 23.6 Å². The molecule has 8 nitrogen and oxygen atoms in total. The molecule has 2 aromatic carbocycles. The van der Waals surface area contributed by atoms with E-state index in [-0.39, 0.29) is 25.5 Å². The third-order valence-corrected chi connectivity index (χ3v) is 8.01. The van der Waals surface area contributed by atoms with Crippen LogP contribution in [0.2, 0.25) is 0 Å². The van der Waals surface area contributed by atoms with Crippen molar-refractivity contribution in [1.29, 1.82) is 0 Å². The monoisotopic (exact) mass is 577 g/mol. The number of ketones is 1. The lowest BCUT2D eigenvalue weighted by atomic mass is 9.87. The van der Waals surface area contributed by atoms with Crippen LogP contribution in [-0.4, -0.2) is 54.3 Å². The summed E-state index contributed by atoms with van der Waals surface area (Å²) in [4.78, 5) is 54.2. The first-order valence-electron chi connectivity index (χ1n) is 15.2. The molecular weight excluding hydrogens is 534 g/mol. The number of carbonyl (C=O) groups is 4. The molecule has 2 aromatic rings. The number of esters is 2. The maximum absolute atomic E-state index is 13.7. The van der Waals surface area contributed by atoms with Gasteiger partial charge in [-0.25, -0.2) is 4.79 Å². The largest absolute Gasteiger partial charge is 0.494 e. The molecule has 1 fully saturated rings. The van der Waals surface area contributed by atoms with Gasteiger partial charge in [-0.1, -0.05) is 55.3 Å². The fraction of sp³-hybridized carbons (Fsp3) is 0.529. The average Bonchev–Trinajstić information content (AvgIpc) is 3.01. The summed E-state index contributed by atoms with van der Waals surface area (Å²) in [6.45, 7) is 3.83. The number of rotatable bonds is 3. The minimum atomic E-state index is -1.21. The average molecular weight is 578 g/mol. The summed E-state index contributed by atoms with van der Waals surface area (Å²) in [6, 6.07) is 16.8. The fourth-order valence-corrected chi connectivity index (χ4v) is 5.41. The van der Waals surface area contributed by atoms with Crippen LogP contribution in [0, 0.1) is 5.41 Å². The zero-order valence-electron chi connectivity index (χ0n) is 24.8. The molecule has 0 aromatic heterocycles. The Balaban J connectivity index is 1.59. The Morgan fingerprint density at radius 2 is 1.64 bits per heavy atom. The van der Waals surface area contributed by atoms with Gasteiger partial charge in [-0.2, -0.15) is 0 Å². The van der Waals surface area contributed by atoms with Gasteiger partial charge in [-0.3, -0.25) is 14.4 Å². The third-order valence-electron chi connectivity index (χ3n) is 8.01. The molecule has 0 N–H and O–H groups in total. The highest BCUT2D eigenvalue weighted by Crippen LogP contribution is 2.30. The lowest BCUT2D eigenvalue weighted by molar-refractivity contribution is -0.165. The second kappa shape index (κ2) is 15.0. The van der Waals surface area contributed by atoms with Crippen LogP contribution in [0.5, 0.6) is 5.75 Å². The topological polar surface area (TPSA) is 99.2 Å². The van der Waals surface area contributed by atoms with Crippen molar-refractivity contribution in [3.63, 3.8) is 0 Å². The molecule has 0 spiro atoms. The van der Waals surface area contributed by atoms with E-state index < -0.39 is 35.2 Å². The molecule has 2 bridgehead atoms. The Morgan fingerprint density at radius 1 is 0.857 bits per heavy atom. The maximum atomic E-state index is 13.7. The van der Waals surface area contributed by atoms with E-state index in [0.717, 1.165) is 36.8 Å². The molecule has 0 saturated carbocycles. The van der Waals surface area contributed by atoms with E-state index >= 15 is 0 Å². The molecule has 2 aliphatic heterocycles. The molecular formula is C34H43NO7. The van der Waals surface area contributed by atoms with Gasteiger partial charge in [0.2, 0.25) is 5.78 Å². The zero-order valence-corrected chi connectivity index (χ0v) is 24.8. The van der Waals surface area contributed by atoms with Gasteiger partial charge < -0.3 is 19.1 Å². The van der Waals surface area contributed by atoms with Crippen LogP contribution in [0.1, 0.15) is 88.9 Å². The number of aryl methyl sites for hydroxylation is 1. The van der Waals surface area contributed by atoms with Gasteiger partial charge in [-0.15, -0.1) is 0 Å². The van der Waals surface area contributed by atoms with Crippen LogP contribution >= 0.6 is 0 Å². The standard InChI is InChI=1S/C34H43NO7/c1-34(2)24-41-30(36)18-8-3-4-11-22-40-27-16-12-15-26(23-27)29(20-19-25-13-6-5-7-14-25)42-33(39)28-17-9-10-21-35(28)32(38)31(34)37/h5-7,12-16,23,28-29H,3-4,8-11,17-22,24H2,1-2H3/t28-,29?/m0/s1. The number of amides is 1. The third kappa shape index (κ3) is 8.66. The van der Waals surface area contributed by atoms with Crippen LogP contribution in [0.4, 0.5) is 0 Å². The smallest absolute Gasteiger partial charge is 0.329 e. The van der Waals surface area contributed by atoms with E-state index in [4.69, 9.17) is 14.2 Å². The summed E-state index contributed by atoms with van der Waals surface area (Å²) in [5.41, 5.74) is 0.739. The van der Waals surface area contributed by atoms with E-state index in [1.165, 1.54) is 4.90 Å². The van der Waals surface area contributed by atoms with Crippen LogP contribution in [0.3, 0.4) is 0 Å². The molecule has 2 heterocycles. The molecule has 1 unspecified atom stereocenters. The summed E-state index contributed by atoms with van der Waals surface area (Å²) >= 11 is 0. The number of cyclic esters (lactones) is 2. The first-order chi connectivity index (χ1) is 20.2. The molecule has 8 heteroatoms. The lowest BCUT2D eigenvalue weighted by Crippen LogP contribution is -2.53. The van der Waals surface area contributed by atoms with Crippen LogP contribution in [0.25, 0.3) is 0 Å². The van der Waals surface area contributed by atoms with Crippen molar-refractivity contribution in [1.82, 2.24) is 4.90 Å². The van der Waals surface area contributed by atoms with Crippen molar-refractivity contribution in [3.05, 3.63) is 65.7 Å². The second-order valence-electron chi connectivity index (χ2n) is 11.9. The molecule has 2 atom stereocenters. The van der Waals surface area contributed by atoms with E-state index in [2.05, 4.69) is 0 Å². The number of fused-ring (bicyclic) bond motifs is 3. The highest BCUT2D eigenvalue weighted by atomic mass is 16.5. The molecule has 0 aliphatic carbocycles. The van der Waals surface area contributed by atoms with Crippen LogP contribution < -0.4 is 4.74 Å². The number of benzene rings is 2. The number of Topliss-reactive ketones (excluding diaryl/α,β-unsaturated/α-hetero) is 1. The summed E-state index contributed by atoms with van der Waals surface area (Å²) < 4.78 is 17.6. The Kier molecular flexibility index (Phi) is 11.2. The minimum Gasteiger partial charge on any atom is -0.494 e. The Labute approximate surface area is 248 Å². The summed E-state index contributed by atoms with van der Waals surface area (Å²) in [7, 11) is 0. The van der Waals surface area contributed by atoms with E-state index in [1.54, 1.807) is 13.8 Å². The van der Waals surface area contributed by atoms with Gasteiger partial charge >= 0.3 is 11.9 Å². The molecule has 4 rings (SSSR count).